The molecule has 7 nitrogen and oxygen atoms in total. The van der Waals surface area contributed by atoms with Gasteiger partial charge in [0.05, 0.1) is 0 Å². The van der Waals surface area contributed by atoms with E-state index < -0.39 is 11.8 Å². The van der Waals surface area contributed by atoms with Crippen molar-refractivity contribution in [1.82, 2.24) is 0 Å². The van der Waals surface area contributed by atoms with Gasteiger partial charge in [0.1, 0.15) is 5.71 Å². The summed E-state index contributed by atoms with van der Waals surface area (Å²) in [6.45, 7) is 1.27. The number of hydrogen-bond donors (Lipinski definition) is 0. The third-order valence-corrected chi connectivity index (χ3v) is 8.27. The van der Waals surface area contributed by atoms with Crippen molar-refractivity contribution < 1.29 is 28.7 Å². The molecule has 0 aromatic heterocycles. The van der Waals surface area contributed by atoms with Crippen molar-refractivity contribution >= 4 is 35.0 Å². The van der Waals surface area contributed by atoms with Crippen molar-refractivity contribution in [3.8, 4) is 0 Å². The third-order valence-electron chi connectivity index (χ3n) is 7.25. The largest absolute Gasteiger partial charge is 0.343 e. The molecular weight excluding hydrogens is 538 g/mol. The van der Waals surface area contributed by atoms with Crippen molar-refractivity contribution in [2.45, 2.75) is 61.0 Å². The first kappa shape index (κ1) is 30.4. The lowest BCUT2D eigenvalue weighted by Crippen LogP contribution is -2.39. The van der Waals surface area contributed by atoms with Gasteiger partial charge >= 0.3 is 5.97 Å². The number of nitrogens with zero attached hydrogens (tertiary/aromatic N) is 1. The molecule has 0 saturated heterocycles. The van der Waals surface area contributed by atoms with Crippen LogP contribution in [0.1, 0.15) is 71.7 Å². The summed E-state index contributed by atoms with van der Waals surface area (Å²) in [5.41, 5.74) is 1.85. The minimum atomic E-state index is -1.53. The highest BCUT2D eigenvalue weighted by Crippen LogP contribution is 2.33. The van der Waals surface area contributed by atoms with Crippen LogP contribution in [0.4, 0.5) is 0 Å². The minimum Gasteiger partial charge on any atom is -0.343 e. The Labute approximate surface area is 245 Å². The second-order valence-corrected chi connectivity index (χ2v) is 11.2. The van der Waals surface area contributed by atoms with Crippen LogP contribution in [0.3, 0.4) is 0 Å². The number of oxime groups is 1. The van der Waals surface area contributed by atoms with Crippen LogP contribution in [0.15, 0.2) is 93.8 Å². The maximum atomic E-state index is 13.4. The van der Waals surface area contributed by atoms with Crippen molar-refractivity contribution in [1.29, 1.82) is 0 Å². The molecule has 0 N–H and O–H groups in total. The van der Waals surface area contributed by atoms with E-state index in [2.05, 4.69) is 5.16 Å². The van der Waals surface area contributed by atoms with Crippen LogP contribution in [0.25, 0.3) is 0 Å². The molecule has 214 valence electrons. The second-order valence-electron chi connectivity index (χ2n) is 10.0. The van der Waals surface area contributed by atoms with Crippen LogP contribution in [0.2, 0.25) is 0 Å². The fraction of sp³-hybridized carbons (Fsp3) is 0.333. The van der Waals surface area contributed by atoms with Gasteiger partial charge in [0, 0.05) is 47.6 Å². The monoisotopic (exact) mass is 573 g/mol. The van der Waals surface area contributed by atoms with Gasteiger partial charge in [-0.05, 0) is 48.7 Å². The molecule has 1 aliphatic carbocycles. The summed E-state index contributed by atoms with van der Waals surface area (Å²) in [6.07, 6.45) is 6.12. The molecular formula is C33H35NO6S. The van der Waals surface area contributed by atoms with Crippen LogP contribution in [0.5, 0.6) is 0 Å². The molecule has 0 radical (unpaired) electrons. The van der Waals surface area contributed by atoms with Crippen LogP contribution in [-0.2, 0) is 24.9 Å². The molecule has 41 heavy (non-hydrogen) atoms. The molecule has 0 spiro atoms. The lowest BCUT2D eigenvalue weighted by Gasteiger charge is -2.29. The fourth-order valence-electron chi connectivity index (χ4n) is 5.09. The van der Waals surface area contributed by atoms with Crippen molar-refractivity contribution in [2.75, 3.05) is 14.2 Å². The maximum Gasteiger partial charge on any atom is 0.331 e. The second kappa shape index (κ2) is 14.3. The van der Waals surface area contributed by atoms with E-state index in [-0.39, 0.29) is 17.3 Å². The van der Waals surface area contributed by atoms with Crippen LogP contribution >= 0.6 is 11.8 Å². The van der Waals surface area contributed by atoms with E-state index in [0.29, 0.717) is 29.0 Å². The van der Waals surface area contributed by atoms with Crippen LogP contribution in [0, 0.1) is 5.92 Å². The summed E-state index contributed by atoms with van der Waals surface area (Å²) in [5.74, 6) is -2.24. The molecule has 1 fully saturated rings. The lowest BCUT2D eigenvalue weighted by molar-refractivity contribution is -0.176. The first-order valence-corrected chi connectivity index (χ1v) is 14.6. The van der Waals surface area contributed by atoms with E-state index in [9.17, 15) is 14.4 Å². The summed E-state index contributed by atoms with van der Waals surface area (Å²) in [5, 5.41) is 3.92. The molecule has 3 aromatic rings. The number of hydrogen-bond acceptors (Lipinski definition) is 8. The van der Waals surface area contributed by atoms with E-state index in [0.717, 1.165) is 35.5 Å². The van der Waals surface area contributed by atoms with E-state index in [1.54, 1.807) is 36.4 Å². The number of methoxy groups -OCH3 is 2. The smallest absolute Gasteiger partial charge is 0.331 e. The average Bonchev–Trinajstić information content (AvgIpc) is 3.01. The topological polar surface area (TPSA) is 91.3 Å². The molecule has 0 heterocycles. The van der Waals surface area contributed by atoms with E-state index in [1.807, 2.05) is 42.5 Å². The summed E-state index contributed by atoms with van der Waals surface area (Å²) < 4.78 is 11.2. The molecule has 4 rings (SSSR count). The highest BCUT2D eigenvalue weighted by Gasteiger charge is 2.41. The van der Waals surface area contributed by atoms with Gasteiger partial charge in [-0.15, -0.1) is 0 Å². The SMILES string of the molecule is COC(OC)(C(=O)c1ccc(Sc2ccc(C(=O)/C(CC3CCCCC3)=N/OC(C)=O)cc2)cc1)c1ccccc1. The van der Waals surface area contributed by atoms with Crippen LogP contribution in [-0.4, -0.2) is 37.5 Å². The standard InChI is InChI=1S/C33H35NO6S/c1-23(35)40-34-30(22-24-10-6-4-7-11-24)31(36)25-14-18-28(19-15-25)41-29-20-16-26(17-21-29)32(37)33(38-2,39-3)27-12-8-5-9-13-27/h5,8-9,12-21,24H,4,6-7,10-11,22H2,1-3H3/b34-30+. The van der Waals surface area contributed by atoms with Crippen molar-refractivity contribution in [2.24, 2.45) is 11.1 Å². The summed E-state index contributed by atoms with van der Waals surface area (Å²) in [4.78, 5) is 44.8. The lowest BCUT2D eigenvalue weighted by atomic mass is 9.84. The average molecular weight is 574 g/mol. The van der Waals surface area contributed by atoms with E-state index >= 15 is 0 Å². The molecule has 0 bridgehead atoms. The van der Waals surface area contributed by atoms with Gasteiger partial charge in [0.15, 0.2) is 0 Å². The Kier molecular flexibility index (Phi) is 10.6. The van der Waals surface area contributed by atoms with Crippen molar-refractivity contribution in [3.05, 3.63) is 95.6 Å². The number of ketones is 2. The Morgan fingerprint density at radius 3 is 1.90 bits per heavy atom. The Morgan fingerprint density at radius 1 is 0.805 bits per heavy atom. The van der Waals surface area contributed by atoms with Crippen molar-refractivity contribution in [3.63, 3.8) is 0 Å². The Hall–Kier alpha value is -3.59. The van der Waals surface area contributed by atoms with Gasteiger partial charge in [-0.25, -0.2) is 4.79 Å². The van der Waals surface area contributed by atoms with Gasteiger partial charge in [0.25, 0.3) is 5.79 Å². The summed E-state index contributed by atoms with van der Waals surface area (Å²) >= 11 is 1.51. The molecule has 8 heteroatoms. The highest BCUT2D eigenvalue weighted by molar-refractivity contribution is 7.99. The maximum absolute atomic E-state index is 13.4. The summed E-state index contributed by atoms with van der Waals surface area (Å²) in [6, 6.07) is 23.6. The quantitative estimate of drug-likeness (QED) is 0.0742. The van der Waals surface area contributed by atoms with Gasteiger partial charge in [0.2, 0.25) is 11.6 Å². The Balaban J connectivity index is 1.45. The fourth-order valence-corrected chi connectivity index (χ4v) is 5.91. The number of carbonyl (C=O) groups excluding carboxylic acids is 3. The third kappa shape index (κ3) is 7.58. The molecule has 0 amide bonds. The predicted octanol–water partition coefficient (Wildman–Crippen LogP) is 7.24. The zero-order chi connectivity index (χ0) is 29.2. The Morgan fingerprint density at radius 2 is 1.37 bits per heavy atom. The molecule has 3 aromatic carbocycles. The highest BCUT2D eigenvalue weighted by atomic mass is 32.2. The number of rotatable bonds is 12. The molecule has 0 atom stereocenters. The molecule has 0 unspecified atom stereocenters. The van der Waals surface area contributed by atoms with Gasteiger partial charge in [-0.1, -0.05) is 91.5 Å². The summed E-state index contributed by atoms with van der Waals surface area (Å²) in [7, 11) is 2.91. The number of ether oxygens (including phenoxy) is 2. The predicted molar refractivity (Wildman–Crippen MR) is 158 cm³/mol. The molecule has 1 saturated carbocycles. The zero-order valence-electron chi connectivity index (χ0n) is 23.6. The van der Waals surface area contributed by atoms with E-state index in [4.69, 9.17) is 14.3 Å². The number of benzene rings is 3. The number of Topliss-reactive ketones (excluding diaryl/α,β-unsaturated/α-hetero) is 2. The first-order valence-electron chi connectivity index (χ1n) is 13.7. The van der Waals surface area contributed by atoms with Crippen LogP contribution < -0.4 is 0 Å². The van der Waals surface area contributed by atoms with E-state index in [1.165, 1.54) is 39.3 Å². The normalized spacial score (nSPS) is 14.5. The zero-order valence-corrected chi connectivity index (χ0v) is 24.4. The van der Waals surface area contributed by atoms with Gasteiger partial charge in [-0.2, -0.15) is 0 Å². The van der Waals surface area contributed by atoms with Gasteiger partial charge in [-0.3, -0.25) is 9.59 Å². The van der Waals surface area contributed by atoms with Gasteiger partial charge < -0.3 is 14.3 Å². The molecule has 0 aliphatic heterocycles. The molecule has 1 aliphatic rings. The minimum absolute atomic E-state index is 0.227. The first-order chi connectivity index (χ1) is 19.9. The number of carbonyl (C=O) groups is 3. The Bertz CT molecular complexity index is 1360.